The van der Waals surface area contributed by atoms with Crippen molar-refractivity contribution in [3.63, 3.8) is 0 Å². The lowest BCUT2D eigenvalue weighted by Gasteiger charge is -2.12. The van der Waals surface area contributed by atoms with E-state index < -0.39 is 23.4 Å². The van der Waals surface area contributed by atoms with E-state index in [2.05, 4.69) is 5.32 Å². The number of carbonyl (C=O) groups excluding carboxylic acids is 2. The van der Waals surface area contributed by atoms with E-state index in [4.69, 9.17) is 0 Å². The normalized spacial score (nSPS) is 11.1. The van der Waals surface area contributed by atoms with Crippen LogP contribution >= 0.6 is 0 Å². The number of amides is 1. The van der Waals surface area contributed by atoms with Crippen molar-refractivity contribution in [3.8, 4) is 11.1 Å². The minimum Gasteiger partial charge on any atom is -0.321 e. The molecule has 0 aliphatic carbocycles. The van der Waals surface area contributed by atoms with Gasteiger partial charge in [0.2, 0.25) is 0 Å². The summed E-state index contributed by atoms with van der Waals surface area (Å²) in [5, 5.41) is 2.77. The molecular weight excluding hydrogens is 439 g/mol. The number of rotatable bonds is 6. The molecule has 0 saturated heterocycles. The first-order valence-corrected chi connectivity index (χ1v) is 10.6. The maximum absolute atomic E-state index is 13.0. The van der Waals surface area contributed by atoms with Crippen molar-refractivity contribution in [2.75, 3.05) is 5.32 Å². The zero-order chi connectivity index (χ0) is 24.1. The van der Waals surface area contributed by atoms with Crippen molar-refractivity contribution in [2.24, 2.45) is 0 Å². The molecule has 0 unspecified atom stereocenters. The predicted molar refractivity (Wildman–Crippen MR) is 126 cm³/mol. The molecule has 4 aromatic rings. The second-order valence-corrected chi connectivity index (χ2v) is 7.74. The third-order valence-electron chi connectivity index (χ3n) is 5.33. The molecule has 0 saturated carbocycles. The van der Waals surface area contributed by atoms with Gasteiger partial charge in [0.1, 0.15) is 0 Å². The molecule has 0 aliphatic heterocycles. The van der Waals surface area contributed by atoms with Gasteiger partial charge in [0, 0.05) is 17.5 Å². The van der Waals surface area contributed by atoms with Gasteiger partial charge in [-0.05, 0) is 47.0 Å². The number of carbonyl (C=O) groups is 2. The second kappa shape index (κ2) is 9.75. The predicted octanol–water partition coefficient (Wildman–Crippen LogP) is 7.05. The molecule has 1 N–H and O–H groups in total. The molecule has 0 atom stereocenters. The summed E-state index contributed by atoms with van der Waals surface area (Å²) in [6, 6.07) is 27.9. The van der Waals surface area contributed by atoms with E-state index in [-0.39, 0.29) is 17.5 Å². The number of ketones is 1. The number of anilines is 1. The monoisotopic (exact) mass is 459 g/mol. The van der Waals surface area contributed by atoms with Gasteiger partial charge in [-0.1, -0.05) is 72.8 Å². The Labute approximate surface area is 194 Å². The molecule has 0 heterocycles. The van der Waals surface area contributed by atoms with Crippen LogP contribution < -0.4 is 5.32 Å². The summed E-state index contributed by atoms with van der Waals surface area (Å²) in [6.07, 6.45) is -4.71. The van der Waals surface area contributed by atoms with Crippen LogP contribution in [0.4, 0.5) is 18.9 Å². The highest BCUT2D eigenvalue weighted by Gasteiger charge is 2.30. The van der Waals surface area contributed by atoms with E-state index in [1.165, 1.54) is 12.1 Å². The lowest BCUT2D eigenvalue weighted by Crippen LogP contribution is -2.16. The summed E-state index contributed by atoms with van der Waals surface area (Å²) in [4.78, 5) is 25.9. The number of halogens is 3. The van der Waals surface area contributed by atoms with Crippen LogP contribution in [0.3, 0.4) is 0 Å². The topological polar surface area (TPSA) is 46.2 Å². The molecule has 0 spiro atoms. The van der Waals surface area contributed by atoms with Crippen LogP contribution in [0.25, 0.3) is 11.1 Å². The fraction of sp³-hybridized carbons (Fsp3) is 0.0714. The standard InChI is InChI=1S/C28H20F3NO2/c29-28(30,31)23-13-6-8-19(16-23)17-26(33)24-14-4-5-15-25(24)32-27(34)22-12-7-11-21(18-22)20-9-2-1-3-10-20/h1-16,18H,17H2,(H,32,34). The van der Waals surface area contributed by atoms with E-state index in [0.717, 1.165) is 23.3 Å². The van der Waals surface area contributed by atoms with Gasteiger partial charge in [-0.2, -0.15) is 13.2 Å². The molecular formula is C28H20F3NO2. The van der Waals surface area contributed by atoms with E-state index in [9.17, 15) is 22.8 Å². The van der Waals surface area contributed by atoms with Crippen LogP contribution in [-0.4, -0.2) is 11.7 Å². The summed E-state index contributed by atoms with van der Waals surface area (Å²) < 4.78 is 39.0. The Bertz CT molecular complexity index is 1330. The third-order valence-corrected chi connectivity index (χ3v) is 5.33. The minimum absolute atomic E-state index is 0.222. The maximum Gasteiger partial charge on any atom is 0.416 e. The number of Topliss-reactive ketones (excluding diaryl/α,β-unsaturated/α-hetero) is 1. The first-order valence-electron chi connectivity index (χ1n) is 10.6. The van der Waals surface area contributed by atoms with Crippen molar-refractivity contribution < 1.29 is 22.8 Å². The summed E-state index contributed by atoms with van der Waals surface area (Å²) >= 11 is 0. The van der Waals surface area contributed by atoms with E-state index in [0.29, 0.717) is 11.3 Å². The summed E-state index contributed by atoms with van der Waals surface area (Å²) in [7, 11) is 0. The fourth-order valence-electron chi connectivity index (χ4n) is 3.64. The average molecular weight is 459 g/mol. The van der Waals surface area contributed by atoms with Gasteiger partial charge in [-0.25, -0.2) is 0 Å². The quantitative estimate of drug-likeness (QED) is 0.314. The molecule has 34 heavy (non-hydrogen) atoms. The summed E-state index contributed by atoms with van der Waals surface area (Å²) in [5.74, 6) is -0.787. The molecule has 0 radical (unpaired) electrons. The van der Waals surface area contributed by atoms with Crippen molar-refractivity contribution in [1.29, 1.82) is 0 Å². The van der Waals surface area contributed by atoms with Gasteiger partial charge in [0.05, 0.1) is 11.3 Å². The minimum atomic E-state index is -4.49. The zero-order valence-electron chi connectivity index (χ0n) is 18.0. The Balaban J connectivity index is 1.54. The Morgan fingerprint density at radius 2 is 1.38 bits per heavy atom. The maximum atomic E-state index is 13.0. The van der Waals surface area contributed by atoms with Gasteiger partial charge in [-0.15, -0.1) is 0 Å². The number of hydrogen-bond donors (Lipinski definition) is 1. The van der Waals surface area contributed by atoms with Gasteiger partial charge in [-0.3, -0.25) is 9.59 Å². The van der Waals surface area contributed by atoms with Gasteiger partial charge < -0.3 is 5.32 Å². The molecule has 0 aromatic heterocycles. The highest BCUT2D eigenvalue weighted by molar-refractivity contribution is 6.10. The number of alkyl halides is 3. The van der Waals surface area contributed by atoms with Crippen LogP contribution in [0, 0.1) is 0 Å². The molecule has 0 bridgehead atoms. The Morgan fingerprint density at radius 3 is 2.15 bits per heavy atom. The molecule has 0 fully saturated rings. The van der Waals surface area contributed by atoms with Gasteiger partial charge in [0.25, 0.3) is 5.91 Å². The zero-order valence-corrected chi connectivity index (χ0v) is 18.0. The van der Waals surface area contributed by atoms with Crippen LogP contribution in [-0.2, 0) is 12.6 Å². The van der Waals surface area contributed by atoms with Gasteiger partial charge >= 0.3 is 6.18 Å². The van der Waals surface area contributed by atoms with Gasteiger partial charge in [0.15, 0.2) is 5.78 Å². The fourth-order valence-corrected chi connectivity index (χ4v) is 3.64. The molecule has 170 valence electrons. The van der Waals surface area contributed by atoms with Crippen molar-refractivity contribution in [2.45, 2.75) is 12.6 Å². The first-order chi connectivity index (χ1) is 16.3. The largest absolute Gasteiger partial charge is 0.416 e. The SMILES string of the molecule is O=C(Nc1ccccc1C(=O)Cc1cccc(C(F)(F)F)c1)c1cccc(-c2ccccc2)c1. The van der Waals surface area contributed by atoms with E-state index in [1.54, 1.807) is 42.5 Å². The average Bonchev–Trinajstić information content (AvgIpc) is 2.84. The highest BCUT2D eigenvalue weighted by Crippen LogP contribution is 2.30. The van der Waals surface area contributed by atoms with Crippen LogP contribution in [0.2, 0.25) is 0 Å². The summed E-state index contributed by atoms with van der Waals surface area (Å²) in [6.45, 7) is 0. The number of hydrogen-bond acceptors (Lipinski definition) is 2. The van der Waals surface area contributed by atoms with Crippen molar-refractivity contribution in [3.05, 3.63) is 125 Å². The lowest BCUT2D eigenvalue weighted by molar-refractivity contribution is -0.137. The van der Waals surface area contributed by atoms with Crippen LogP contribution in [0.5, 0.6) is 0 Å². The molecule has 1 amide bonds. The number of nitrogens with one attached hydrogen (secondary N) is 1. The van der Waals surface area contributed by atoms with E-state index >= 15 is 0 Å². The molecule has 3 nitrogen and oxygen atoms in total. The summed E-state index contributed by atoms with van der Waals surface area (Å²) in [5.41, 5.74) is 2.23. The molecule has 0 aliphatic rings. The Hall–Kier alpha value is -4.19. The molecule has 4 rings (SSSR count). The molecule has 6 heteroatoms. The Kier molecular flexibility index (Phi) is 6.59. The van der Waals surface area contributed by atoms with Crippen LogP contribution in [0.15, 0.2) is 103 Å². The second-order valence-electron chi connectivity index (χ2n) is 7.74. The first kappa shape index (κ1) is 23.0. The molecule has 4 aromatic carbocycles. The number of para-hydroxylation sites is 1. The Morgan fingerprint density at radius 1 is 0.706 bits per heavy atom. The van der Waals surface area contributed by atoms with Crippen LogP contribution in [0.1, 0.15) is 31.8 Å². The van der Waals surface area contributed by atoms with E-state index in [1.807, 2.05) is 36.4 Å². The lowest BCUT2D eigenvalue weighted by atomic mass is 9.99. The highest BCUT2D eigenvalue weighted by atomic mass is 19.4. The van der Waals surface area contributed by atoms with Crippen molar-refractivity contribution >= 4 is 17.4 Å². The number of benzene rings is 4. The smallest absolute Gasteiger partial charge is 0.321 e. The third kappa shape index (κ3) is 5.41. The van der Waals surface area contributed by atoms with Crippen molar-refractivity contribution in [1.82, 2.24) is 0 Å².